The number of nitrogens with zero attached hydrogens (tertiary/aromatic N) is 1. The maximum Gasteiger partial charge on any atom is 0.198 e. The summed E-state index contributed by atoms with van der Waals surface area (Å²) in [4.78, 5) is 2.66. The lowest BCUT2D eigenvalue weighted by Crippen LogP contribution is -2.42. The number of rotatable bonds is 4. The van der Waals surface area contributed by atoms with E-state index in [4.69, 9.17) is 8.83 Å². The molecule has 4 nitrogen and oxygen atoms in total. The predicted octanol–water partition coefficient (Wildman–Crippen LogP) is 17.4. The fourth-order valence-corrected chi connectivity index (χ4v) is 14.0. The van der Waals surface area contributed by atoms with E-state index in [2.05, 4.69) is 209 Å². The lowest BCUT2D eigenvalue weighted by atomic mass is 9.57. The van der Waals surface area contributed by atoms with Crippen LogP contribution in [0.5, 0.6) is 0 Å². The number of furan rings is 2. The first-order valence-electron chi connectivity index (χ1n) is 27.0. The van der Waals surface area contributed by atoms with E-state index >= 15 is 0 Å². The first kappa shape index (κ1) is 45.7. The van der Waals surface area contributed by atoms with Gasteiger partial charge in [0, 0.05) is 50.0 Å². The van der Waals surface area contributed by atoms with Crippen LogP contribution in [-0.4, -0.2) is 7.28 Å². The molecule has 0 saturated carbocycles. The molecule has 4 aliphatic rings. The van der Waals surface area contributed by atoms with Gasteiger partial charge in [0.25, 0.3) is 0 Å². The van der Waals surface area contributed by atoms with Crippen LogP contribution in [0.15, 0.2) is 118 Å². The first-order valence-corrected chi connectivity index (χ1v) is 27.0. The molecule has 0 fully saturated rings. The highest BCUT2D eigenvalue weighted by atomic mass is 16.3. The Morgan fingerprint density at radius 3 is 1.67 bits per heavy atom. The monoisotopic (exact) mass is 947 g/mol. The van der Waals surface area contributed by atoms with Gasteiger partial charge >= 0.3 is 0 Å². The van der Waals surface area contributed by atoms with E-state index < -0.39 is 0 Å². The van der Waals surface area contributed by atoms with Crippen molar-refractivity contribution in [1.29, 1.82) is 0 Å². The van der Waals surface area contributed by atoms with Crippen molar-refractivity contribution in [2.45, 2.75) is 161 Å². The van der Waals surface area contributed by atoms with Crippen molar-refractivity contribution >= 4 is 90.5 Å². The van der Waals surface area contributed by atoms with E-state index in [-0.39, 0.29) is 32.5 Å². The van der Waals surface area contributed by atoms with Crippen LogP contribution in [0.4, 0.5) is 28.4 Å². The predicted molar refractivity (Wildman–Crippen MR) is 308 cm³/mol. The second kappa shape index (κ2) is 15.0. The maximum atomic E-state index is 7.30. The smallest absolute Gasteiger partial charge is 0.198 e. The number of anilines is 5. The summed E-state index contributed by atoms with van der Waals surface area (Å²) < 4.78 is 14.1. The lowest BCUT2D eigenvalue weighted by Gasteiger charge is -2.44. The molecular weight excluding hydrogens is 876 g/mol. The van der Waals surface area contributed by atoms with Gasteiger partial charge in [-0.05, 0) is 177 Å². The Bertz CT molecular complexity index is 3790. The fourth-order valence-electron chi connectivity index (χ4n) is 14.0. The molecule has 72 heavy (non-hydrogen) atoms. The molecule has 13 rings (SSSR count). The summed E-state index contributed by atoms with van der Waals surface area (Å²) in [5.41, 5.74) is 24.8. The normalized spacial score (nSPS) is 19.6. The van der Waals surface area contributed by atoms with Crippen LogP contribution in [0.3, 0.4) is 0 Å². The van der Waals surface area contributed by atoms with Crippen molar-refractivity contribution in [3.63, 3.8) is 0 Å². The molecule has 3 heterocycles. The zero-order valence-electron chi connectivity index (χ0n) is 45.1. The summed E-state index contributed by atoms with van der Waals surface area (Å²) in [5, 5.41) is 8.78. The topological polar surface area (TPSA) is 41.6 Å². The van der Waals surface area contributed by atoms with Gasteiger partial charge in [-0.1, -0.05) is 143 Å². The third kappa shape index (κ3) is 6.63. The SMILES string of the molecule is Cc1cc2c(cc1N1c3cc4c(oc5ccccc54)c(-c4cc5c(cc4Nc4ccc6c(c4)C(C)(C)CCC6(C)C)C(C)(C)CCC5(C)C)c3Bc3ccc4oc5ccccc5c4c31)C(C)(C)CCC2(C)C. The Hall–Kier alpha value is -6.20. The van der Waals surface area contributed by atoms with E-state index in [0.717, 1.165) is 76.4 Å². The van der Waals surface area contributed by atoms with Crippen molar-refractivity contribution in [1.82, 2.24) is 0 Å². The second-order valence-corrected chi connectivity index (χ2v) is 26.6. The maximum absolute atomic E-state index is 7.30. The van der Waals surface area contributed by atoms with Gasteiger partial charge in [-0.15, -0.1) is 0 Å². The number of hydrogen-bond donors (Lipinski definition) is 1. The van der Waals surface area contributed by atoms with Gasteiger partial charge in [0.2, 0.25) is 0 Å². The van der Waals surface area contributed by atoms with Gasteiger partial charge in [-0.25, -0.2) is 0 Å². The minimum absolute atomic E-state index is 0.00722. The number of aryl methyl sites for hydroxylation is 1. The van der Waals surface area contributed by atoms with Crippen molar-refractivity contribution in [3.05, 3.63) is 148 Å². The molecule has 0 bridgehead atoms. The molecule has 1 aliphatic heterocycles. The van der Waals surface area contributed by atoms with Gasteiger partial charge in [0.1, 0.15) is 22.3 Å². The van der Waals surface area contributed by atoms with E-state index in [1.165, 1.54) is 103 Å². The Balaban J connectivity index is 1.15. The zero-order valence-corrected chi connectivity index (χ0v) is 45.1. The third-order valence-electron chi connectivity index (χ3n) is 19.0. The van der Waals surface area contributed by atoms with E-state index in [0.29, 0.717) is 0 Å². The van der Waals surface area contributed by atoms with Crippen molar-refractivity contribution in [3.8, 4) is 11.1 Å². The number of benzene rings is 7. The molecule has 9 aromatic rings. The highest BCUT2D eigenvalue weighted by molar-refractivity contribution is 6.74. The summed E-state index contributed by atoms with van der Waals surface area (Å²) in [7, 11) is 0.731. The number of fused-ring (bicyclic) bond motifs is 12. The molecule has 364 valence electrons. The van der Waals surface area contributed by atoms with Gasteiger partial charge < -0.3 is 19.1 Å². The average molecular weight is 947 g/mol. The third-order valence-corrected chi connectivity index (χ3v) is 19.0. The highest BCUT2D eigenvalue weighted by Gasteiger charge is 2.43. The van der Waals surface area contributed by atoms with Crippen LogP contribution in [-0.2, 0) is 32.5 Å². The molecule has 5 heteroatoms. The van der Waals surface area contributed by atoms with Crippen LogP contribution < -0.4 is 21.1 Å². The Morgan fingerprint density at radius 2 is 1.01 bits per heavy atom. The molecule has 1 N–H and O–H groups in total. The zero-order chi connectivity index (χ0) is 50.2. The average Bonchev–Trinajstić information content (AvgIpc) is 3.91. The Kier molecular flexibility index (Phi) is 9.48. The van der Waals surface area contributed by atoms with Crippen LogP contribution in [0, 0.1) is 6.92 Å². The molecule has 3 aliphatic carbocycles. The quantitative estimate of drug-likeness (QED) is 0.179. The molecule has 0 amide bonds. The molecule has 0 spiro atoms. The van der Waals surface area contributed by atoms with Crippen molar-refractivity contribution < 1.29 is 8.83 Å². The molecule has 0 saturated heterocycles. The lowest BCUT2D eigenvalue weighted by molar-refractivity contribution is 0.332. The van der Waals surface area contributed by atoms with Crippen LogP contribution >= 0.6 is 0 Å². The second-order valence-electron chi connectivity index (χ2n) is 26.6. The number of nitrogens with one attached hydrogen (secondary N) is 1. The molecule has 7 aromatic carbocycles. The number of para-hydroxylation sites is 2. The van der Waals surface area contributed by atoms with E-state index in [1.807, 2.05) is 0 Å². The number of hydrogen-bond acceptors (Lipinski definition) is 4. The van der Waals surface area contributed by atoms with Crippen molar-refractivity contribution in [2.24, 2.45) is 0 Å². The van der Waals surface area contributed by atoms with Gasteiger partial charge in [0.05, 0.1) is 11.1 Å². The highest BCUT2D eigenvalue weighted by Crippen LogP contribution is 2.55. The van der Waals surface area contributed by atoms with Crippen LogP contribution in [0.2, 0.25) is 0 Å². The largest absolute Gasteiger partial charge is 0.456 e. The minimum atomic E-state index is -0.0190. The summed E-state index contributed by atoms with van der Waals surface area (Å²) in [6.45, 7) is 31.7. The summed E-state index contributed by atoms with van der Waals surface area (Å²) in [5.74, 6) is 0. The van der Waals surface area contributed by atoms with Crippen LogP contribution in [0.25, 0.3) is 55.0 Å². The minimum Gasteiger partial charge on any atom is -0.456 e. The van der Waals surface area contributed by atoms with Crippen LogP contribution in [0.1, 0.15) is 161 Å². The molecule has 0 unspecified atom stereocenters. The van der Waals surface area contributed by atoms with Gasteiger partial charge in [0.15, 0.2) is 7.28 Å². The fraction of sp³-hybridized carbons (Fsp3) is 0.373. The van der Waals surface area contributed by atoms with Crippen molar-refractivity contribution in [2.75, 3.05) is 10.2 Å². The van der Waals surface area contributed by atoms with Gasteiger partial charge in [-0.3, -0.25) is 0 Å². The summed E-state index contributed by atoms with van der Waals surface area (Å²) in [6.07, 6.45) is 6.94. The van der Waals surface area contributed by atoms with E-state index in [9.17, 15) is 0 Å². The van der Waals surface area contributed by atoms with Gasteiger partial charge in [-0.2, -0.15) is 0 Å². The molecule has 0 atom stereocenters. The molecular formula is C67H71BN2O2. The first-order chi connectivity index (χ1) is 34.0. The standard InChI is InChI=1S/C67H71BN2O2/c1-38-32-45-49(67(12,13)31-28-63(45,4)5)37-52(38)70-53-35-42-40-18-14-16-20-54(40)72-61(42)58(59(53)68-50-24-25-56-57(60(50)70)41-19-15-17-21-55(41)71-56)43-34-47-48(66(10,11)30-29-65(47,8)9)36-51(43)69-39-22-23-44-46(33-39)64(6,7)27-26-62(44,2)3/h14-25,32-37,68-69H,26-31H2,1-13H3. The Labute approximate surface area is 427 Å². The Morgan fingerprint density at radius 1 is 0.472 bits per heavy atom. The summed E-state index contributed by atoms with van der Waals surface area (Å²) in [6, 6.07) is 41.8. The molecule has 2 aromatic heterocycles. The molecule has 0 radical (unpaired) electrons. The van der Waals surface area contributed by atoms with E-state index in [1.54, 1.807) is 0 Å². The summed E-state index contributed by atoms with van der Waals surface area (Å²) >= 11 is 0.